The molecule has 8 heteroatoms. The van der Waals surface area contributed by atoms with Crippen molar-refractivity contribution < 1.29 is 38.1 Å². The van der Waals surface area contributed by atoms with Crippen LogP contribution in [0.1, 0.15) is 83.5 Å². The molecule has 2 aliphatic carbocycles. The van der Waals surface area contributed by atoms with Gasteiger partial charge in [0.15, 0.2) is 0 Å². The molecule has 1 aromatic carbocycles. The zero-order valence-electron chi connectivity index (χ0n) is 24.7. The van der Waals surface area contributed by atoms with Crippen LogP contribution in [0.2, 0.25) is 0 Å². The highest BCUT2D eigenvalue weighted by Gasteiger charge is 2.42. The lowest BCUT2D eigenvalue weighted by Gasteiger charge is -2.43. The molecule has 0 amide bonds. The Morgan fingerprint density at radius 2 is 1.83 bits per heavy atom. The van der Waals surface area contributed by atoms with Crippen LogP contribution in [-0.2, 0) is 28.6 Å². The topological polar surface area (TPSA) is 105 Å². The van der Waals surface area contributed by atoms with Crippen molar-refractivity contribution in [3.05, 3.63) is 53.6 Å². The number of cyclic esters (lactones) is 1. The second-order valence-electron chi connectivity index (χ2n) is 11.8. The second kappa shape index (κ2) is 13.5. The van der Waals surface area contributed by atoms with Crippen LogP contribution in [0.3, 0.4) is 0 Å². The van der Waals surface area contributed by atoms with Gasteiger partial charge in [0.2, 0.25) is 0 Å². The molecule has 8 nitrogen and oxygen atoms in total. The summed E-state index contributed by atoms with van der Waals surface area (Å²) in [5.74, 6) is -0.883. The maximum absolute atomic E-state index is 12.9. The number of esters is 4. The first-order chi connectivity index (χ1) is 19.5. The van der Waals surface area contributed by atoms with Gasteiger partial charge in [0.25, 0.3) is 0 Å². The van der Waals surface area contributed by atoms with E-state index in [0.29, 0.717) is 18.8 Å². The van der Waals surface area contributed by atoms with Gasteiger partial charge < -0.3 is 18.9 Å². The number of benzene rings is 1. The van der Waals surface area contributed by atoms with Gasteiger partial charge in [0, 0.05) is 19.3 Å². The number of hydrogen-bond acceptors (Lipinski definition) is 8. The van der Waals surface area contributed by atoms with Gasteiger partial charge in [-0.1, -0.05) is 58.1 Å². The summed E-state index contributed by atoms with van der Waals surface area (Å²) >= 11 is 0. The molecule has 0 radical (unpaired) electrons. The third kappa shape index (κ3) is 7.66. The van der Waals surface area contributed by atoms with Gasteiger partial charge in [0.1, 0.15) is 29.6 Å². The van der Waals surface area contributed by atoms with Crippen LogP contribution in [0.25, 0.3) is 0 Å². The smallest absolute Gasteiger partial charge is 0.342 e. The Morgan fingerprint density at radius 3 is 2.56 bits per heavy atom. The van der Waals surface area contributed by atoms with Gasteiger partial charge in [-0.3, -0.25) is 14.4 Å². The Bertz CT molecular complexity index is 1200. The van der Waals surface area contributed by atoms with E-state index in [0.717, 1.165) is 19.3 Å². The molecule has 0 bridgehead atoms. The SMILES string of the molecule is CC[C@@H](C)C(=O)O[C@H]1C[C@H](C)C=C2C=C[C@@H](C)[C@@H](CCC3C[C@@H](OC(=O)c4ccccc4OC(C)=O)CC(=O)O3)[C@@H]21. The maximum Gasteiger partial charge on any atom is 0.342 e. The van der Waals surface area contributed by atoms with Crippen LogP contribution < -0.4 is 4.74 Å². The van der Waals surface area contributed by atoms with Crippen molar-refractivity contribution in [1.82, 2.24) is 0 Å². The third-order valence-electron chi connectivity index (χ3n) is 8.55. The molecule has 1 heterocycles. The van der Waals surface area contributed by atoms with E-state index in [2.05, 4.69) is 32.1 Å². The van der Waals surface area contributed by atoms with Gasteiger partial charge in [0.05, 0.1) is 12.3 Å². The lowest BCUT2D eigenvalue weighted by atomic mass is 9.65. The molecule has 1 saturated heterocycles. The predicted octanol–water partition coefficient (Wildman–Crippen LogP) is 5.99. The summed E-state index contributed by atoms with van der Waals surface area (Å²) in [4.78, 5) is 49.6. The first-order valence-electron chi connectivity index (χ1n) is 14.8. The standard InChI is InChI=1S/C33H42O8/c1-6-20(3)32(36)41-29-16-19(2)15-23-12-11-21(4)26(31(23)29)14-13-24-17-25(18-30(35)39-24)40-33(37)27-9-7-8-10-28(27)38-22(5)34/h7-12,15,19-21,24-26,29,31H,6,13-14,16-18H2,1-5H3/t19-,20-,21-,24?,25-,26-,29+,31-/m1/s1. The van der Waals surface area contributed by atoms with E-state index in [-0.39, 0.29) is 53.5 Å². The van der Waals surface area contributed by atoms with E-state index in [9.17, 15) is 19.2 Å². The Labute approximate surface area is 242 Å². The van der Waals surface area contributed by atoms with Gasteiger partial charge in [-0.15, -0.1) is 0 Å². The van der Waals surface area contributed by atoms with Crippen molar-refractivity contribution in [2.75, 3.05) is 0 Å². The minimum atomic E-state index is -0.650. The van der Waals surface area contributed by atoms with Crippen LogP contribution in [0, 0.1) is 29.6 Å². The minimum absolute atomic E-state index is 0.0262. The molecule has 41 heavy (non-hydrogen) atoms. The van der Waals surface area contributed by atoms with Crippen molar-refractivity contribution in [1.29, 1.82) is 0 Å². The molecule has 4 rings (SSSR count). The molecule has 1 aromatic rings. The molecule has 3 aliphatic rings. The summed E-state index contributed by atoms with van der Waals surface area (Å²) in [5, 5.41) is 0. The van der Waals surface area contributed by atoms with E-state index in [1.54, 1.807) is 12.1 Å². The van der Waals surface area contributed by atoms with E-state index in [4.69, 9.17) is 18.9 Å². The largest absolute Gasteiger partial charge is 0.462 e. The molecule has 1 aliphatic heterocycles. The number of ether oxygens (including phenoxy) is 4. The minimum Gasteiger partial charge on any atom is -0.462 e. The number of para-hydroxylation sites is 1. The fourth-order valence-electron chi connectivity index (χ4n) is 6.24. The summed E-state index contributed by atoms with van der Waals surface area (Å²) in [6, 6.07) is 6.37. The lowest BCUT2D eigenvalue weighted by molar-refractivity contribution is -0.162. The molecule has 222 valence electrons. The summed E-state index contributed by atoms with van der Waals surface area (Å²) in [6.45, 7) is 9.49. The fourth-order valence-corrected chi connectivity index (χ4v) is 6.24. The lowest BCUT2D eigenvalue weighted by Crippen LogP contribution is -2.42. The van der Waals surface area contributed by atoms with Crippen LogP contribution in [0.15, 0.2) is 48.1 Å². The normalized spacial score (nSPS) is 29.8. The number of hydrogen-bond donors (Lipinski definition) is 0. The fraction of sp³-hybridized carbons (Fsp3) is 0.576. The van der Waals surface area contributed by atoms with Crippen molar-refractivity contribution in [2.45, 2.75) is 91.5 Å². The van der Waals surface area contributed by atoms with Crippen LogP contribution >= 0.6 is 0 Å². The highest BCUT2D eigenvalue weighted by atomic mass is 16.6. The van der Waals surface area contributed by atoms with Gasteiger partial charge in [-0.05, 0) is 61.1 Å². The van der Waals surface area contributed by atoms with Crippen molar-refractivity contribution in [3.63, 3.8) is 0 Å². The summed E-state index contributed by atoms with van der Waals surface area (Å²) in [6.07, 6.45) is 8.73. The first kappa shape index (κ1) is 30.5. The average molecular weight is 567 g/mol. The van der Waals surface area contributed by atoms with Crippen LogP contribution in [-0.4, -0.2) is 42.2 Å². The quantitative estimate of drug-likeness (QED) is 0.204. The molecular formula is C33H42O8. The molecule has 0 N–H and O–H groups in total. The highest BCUT2D eigenvalue weighted by Crippen LogP contribution is 2.45. The van der Waals surface area contributed by atoms with Crippen molar-refractivity contribution in [2.24, 2.45) is 29.6 Å². The zero-order valence-corrected chi connectivity index (χ0v) is 24.7. The van der Waals surface area contributed by atoms with E-state index in [1.165, 1.54) is 24.6 Å². The van der Waals surface area contributed by atoms with Gasteiger partial charge in [-0.2, -0.15) is 0 Å². The number of carbonyl (C=O) groups is 4. The number of rotatable bonds is 9. The molecule has 0 spiro atoms. The summed E-state index contributed by atoms with van der Waals surface area (Å²) < 4.78 is 22.6. The Kier molecular flexibility index (Phi) is 10.1. The first-order valence-corrected chi connectivity index (χ1v) is 14.8. The summed E-state index contributed by atoms with van der Waals surface area (Å²) in [7, 11) is 0. The Hall–Kier alpha value is -3.42. The van der Waals surface area contributed by atoms with Crippen LogP contribution in [0.5, 0.6) is 5.75 Å². The number of fused-ring (bicyclic) bond motifs is 1. The molecule has 0 saturated carbocycles. The second-order valence-corrected chi connectivity index (χ2v) is 11.8. The maximum atomic E-state index is 12.9. The Morgan fingerprint density at radius 1 is 1.07 bits per heavy atom. The van der Waals surface area contributed by atoms with Gasteiger partial charge >= 0.3 is 23.9 Å². The van der Waals surface area contributed by atoms with E-state index < -0.39 is 30.1 Å². The van der Waals surface area contributed by atoms with Gasteiger partial charge in [-0.25, -0.2) is 4.79 Å². The molecule has 1 fully saturated rings. The monoisotopic (exact) mass is 566 g/mol. The van der Waals surface area contributed by atoms with Crippen LogP contribution in [0.4, 0.5) is 0 Å². The molecular weight excluding hydrogens is 524 g/mol. The Balaban J connectivity index is 1.43. The highest BCUT2D eigenvalue weighted by molar-refractivity contribution is 5.93. The molecule has 8 atom stereocenters. The van der Waals surface area contributed by atoms with E-state index in [1.807, 2.05) is 13.8 Å². The number of carbonyl (C=O) groups excluding carboxylic acids is 4. The summed E-state index contributed by atoms with van der Waals surface area (Å²) in [5.41, 5.74) is 1.34. The third-order valence-corrected chi connectivity index (χ3v) is 8.55. The number of allylic oxidation sites excluding steroid dienone is 3. The molecule has 1 unspecified atom stereocenters. The van der Waals surface area contributed by atoms with Crippen molar-refractivity contribution >= 4 is 23.9 Å². The predicted molar refractivity (Wildman–Crippen MR) is 152 cm³/mol. The van der Waals surface area contributed by atoms with Crippen molar-refractivity contribution in [3.8, 4) is 5.75 Å². The zero-order chi connectivity index (χ0) is 29.7. The average Bonchev–Trinajstić information content (AvgIpc) is 2.91. The molecule has 0 aromatic heterocycles. The van der Waals surface area contributed by atoms with E-state index >= 15 is 0 Å².